The SMILES string of the molecule is CN(C)c1ccc(C=O)cc1.COc1c(C)[nH]c2ccccc12.COc1coc2ccccc2c1=O.O=Cc1c(Cl)cccc1Cl.O=Cc1ccc2c(c1)CCC2. The summed E-state index contributed by atoms with van der Waals surface area (Å²) in [6.45, 7) is 2.01. The molecule has 8 rings (SSSR count). The number of H-pyrrole nitrogens is 1. The van der Waals surface area contributed by atoms with Crippen LogP contribution < -0.4 is 19.8 Å². The van der Waals surface area contributed by atoms with Crippen LogP contribution in [-0.2, 0) is 12.8 Å². The number of aromatic nitrogens is 1. The van der Waals surface area contributed by atoms with Gasteiger partial charge >= 0.3 is 0 Å². The molecule has 0 radical (unpaired) electrons. The van der Waals surface area contributed by atoms with Crippen LogP contribution in [0.2, 0.25) is 10.0 Å². The van der Waals surface area contributed by atoms with E-state index in [1.165, 1.54) is 37.3 Å². The molecular weight excluding hydrogens is 763 g/mol. The van der Waals surface area contributed by atoms with Crippen LogP contribution in [-0.4, -0.2) is 52.2 Å². The zero-order valence-electron chi connectivity index (χ0n) is 32.4. The number of carbonyl (C=O) groups excluding carboxylic acids is 3. The van der Waals surface area contributed by atoms with E-state index in [1.54, 1.807) is 43.5 Å². The number of carbonyl (C=O) groups is 3. The third-order valence-corrected chi connectivity index (χ3v) is 9.49. The number of aldehydes is 3. The number of fused-ring (bicyclic) bond motifs is 3. The number of rotatable bonds is 6. The third-order valence-electron chi connectivity index (χ3n) is 8.83. The monoisotopic (exact) mass is 806 g/mol. The number of nitrogens with zero attached hydrogens (tertiary/aromatic N) is 1. The van der Waals surface area contributed by atoms with Gasteiger partial charge in [0.15, 0.2) is 6.29 Å². The van der Waals surface area contributed by atoms with Gasteiger partial charge in [-0.15, -0.1) is 0 Å². The standard InChI is InChI=1S/C10H11NO.C10H8O3.C10H10O.C9H11NO.C7H4Cl2O/c1-7-10(12-2)8-5-3-4-6-9(8)11-7;1-12-9-6-13-8-5-3-2-4-7(8)10(9)11;11-7-8-4-5-9-2-1-3-10(9)6-8;1-10(2)9-5-3-8(7-11)4-6-9;8-6-2-1-3-7(9)5(6)4-10/h3-6,11H,1-2H3;2-6H,1H3;4-7H,1-3H2;3-7H,1-2H3;1-4H. The summed E-state index contributed by atoms with van der Waals surface area (Å²) in [6, 6.07) is 33.6. The van der Waals surface area contributed by atoms with Crippen LogP contribution in [0.15, 0.2) is 125 Å². The van der Waals surface area contributed by atoms with Gasteiger partial charge in [0.25, 0.3) is 0 Å². The van der Waals surface area contributed by atoms with E-state index in [-0.39, 0.29) is 11.2 Å². The van der Waals surface area contributed by atoms with E-state index in [9.17, 15) is 19.2 Å². The molecule has 1 aliphatic rings. The minimum Gasteiger partial charge on any atom is -0.494 e. The molecule has 0 amide bonds. The van der Waals surface area contributed by atoms with Gasteiger partial charge in [-0.3, -0.25) is 19.2 Å². The van der Waals surface area contributed by atoms with Crippen molar-refractivity contribution in [2.45, 2.75) is 26.2 Å². The van der Waals surface area contributed by atoms with Crippen molar-refractivity contribution >= 4 is 69.6 Å². The van der Waals surface area contributed by atoms with Gasteiger partial charge in [-0.2, -0.15) is 0 Å². The lowest BCUT2D eigenvalue weighted by molar-refractivity contribution is 0.111. The maximum atomic E-state index is 11.6. The Kier molecular flexibility index (Phi) is 16.7. The number of anilines is 1. The van der Waals surface area contributed by atoms with Crippen molar-refractivity contribution in [3.05, 3.63) is 169 Å². The lowest BCUT2D eigenvalue weighted by Gasteiger charge is -2.11. The van der Waals surface area contributed by atoms with Gasteiger partial charge in [0.2, 0.25) is 11.2 Å². The molecule has 0 saturated heterocycles. The smallest absolute Gasteiger partial charge is 0.234 e. The van der Waals surface area contributed by atoms with Crippen molar-refractivity contribution < 1.29 is 28.3 Å². The molecule has 0 bridgehead atoms. The van der Waals surface area contributed by atoms with Crippen LogP contribution in [0.3, 0.4) is 0 Å². The summed E-state index contributed by atoms with van der Waals surface area (Å²) in [5.74, 6) is 1.18. The number of aryl methyl sites for hydroxylation is 3. The first-order valence-electron chi connectivity index (χ1n) is 17.9. The summed E-state index contributed by atoms with van der Waals surface area (Å²) < 4.78 is 15.3. The van der Waals surface area contributed by atoms with Crippen molar-refractivity contribution in [2.24, 2.45) is 0 Å². The van der Waals surface area contributed by atoms with Crippen molar-refractivity contribution in [1.29, 1.82) is 0 Å². The van der Waals surface area contributed by atoms with E-state index in [0.29, 0.717) is 32.9 Å². The molecule has 57 heavy (non-hydrogen) atoms. The number of benzene rings is 5. The van der Waals surface area contributed by atoms with Gasteiger partial charge in [0.1, 0.15) is 30.2 Å². The van der Waals surface area contributed by atoms with Crippen LogP contribution >= 0.6 is 23.2 Å². The van der Waals surface area contributed by atoms with E-state index < -0.39 is 0 Å². The maximum absolute atomic E-state index is 11.6. The molecule has 0 atom stereocenters. The number of para-hydroxylation sites is 2. The Morgan fingerprint density at radius 3 is 1.91 bits per heavy atom. The molecule has 0 fully saturated rings. The van der Waals surface area contributed by atoms with Crippen LogP contribution in [0, 0.1) is 6.92 Å². The molecule has 294 valence electrons. The molecule has 9 nitrogen and oxygen atoms in total. The summed E-state index contributed by atoms with van der Waals surface area (Å²) in [5, 5.41) is 2.48. The average Bonchev–Trinajstić information content (AvgIpc) is 3.85. The Bertz CT molecular complexity index is 2450. The highest BCUT2D eigenvalue weighted by molar-refractivity contribution is 6.38. The molecule has 2 heterocycles. The Morgan fingerprint density at radius 1 is 0.702 bits per heavy atom. The predicted molar refractivity (Wildman–Crippen MR) is 230 cm³/mol. The fourth-order valence-corrected chi connectivity index (χ4v) is 6.34. The first-order valence-corrected chi connectivity index (χ1v) is 18.6. The Morgan fingerprint density at radius 2 is 1.32 bits per heavy atom. The van der Waals surface area contributed by atoms with Gasteiger partial charge in [0, 0.05) is 41.8 Å². The number of aromatic amines is 1. The van der Waals surface area contributed by atoms with Crippen LogP contribution in [0.25, 0.3) is 21.9 Å². The van der Waals surface area contributed by atoms with Crippen LogP contribution in [0.1, 0.15) is 54.3 Å². The van der Waals surface area contributed by atoms with E-state index in [4.69, 9.17) is 37.1 Å². The summed E-state index contributed by atoms with van der Waals surface area (Å²) >= 11 is 11.2. The topological polar surface area (TPSA) is 119 Å². The summed E-state index contributed by atoms with van der Waals surface area (Å²) in [4.78, 5) is 47.8. The highest BCUT2D eigenvalue weighted by Gasteiger charge is 2.10. The van der Waals surface area contributed by atoms with E-state index >= 15 is 0 Å². The number of hydrogen-bond acceptors (Lipinski definition) is 8. The largest absolute Gasteiger partial charge is 0.494 e. The molecule has 0 aliphatic heterocycles. The number of halogens is 2. The van der Waals surface area contributed by atoms with Gasteiger partial charge in [-0.1, -0.05) is 65.7 Å². The van der Waals surface area contributed by atoms with Gasteiger partial charge in [0.05, 0.1) is 40.9 Å². The summed E-state index contributed by atoms with van der Waals surface area (Å²) in [5.41, 5.74) is 8.44. The Labute approximate surface area is 341 Å². The highest BCUT2D eigenvalue weighted by atomic mass is 35.5. The second-order valence-electron chi connectivity index (χ2n) is 12.8. The number of hydrogen-bond donors (Lipinski definition) is 1. The van der Waals surface area contributed by atoms with Crippen molar-refractivity contribution in [3.63, 3.8) is 0 Å². The van der Waals surface area contributed by atoms with E-state index in [1.807, 2.05) is 86.6 Å². The minimum absolute atomic E-state index is 0.135. The fourth-order valence-electron chi connectivity index (χ4n) is 5.85. The summed E-state index contributed by atoms with van der Waals surface area (Å²) in [6.07, 6.45) is 7.32. The first kappa shape index (κ1) is 43.6. The van der Waals surface area contributed by atoms with E-state index in [2.05, 4.69) is 17.1 Å². The second kappa shape index (κ2) is 21.8. The average molecular weight is 808 g/mol. The Balaban J connectivity index is 0.000000158. The number of ether oxygens (including phenoxy) is 2. The van der Waals surface area contributed by atoms with Gasteiger partial charge in [-0.05, 0) is 104 Å². The van der Waals surface area contributed by atoms with Crippen LogP contribution in [0.5, 0.6) is 11.5 Å². The normalized spacial score (nSPS) is 10.8. The minimum atomic E-state index is -0.135. The lowest BCUT2D eigenvalue weighted by atomic mass is 10.1. The molecule has 0 saturated carbocycles. The van der Waals surface area contributed by atoms with Gasteiger partial charge in [-0.25, -0.2) is 0 Å². The van der Waals surface area contributed by atoms with Crippen molar-refractivity contribution in [1.82, 2.24) is 4.98 Å². The van der Waals surface area contributed by atoms with E-state index in [0.717, 1.165) is 58.2 Å². The van der Waals surface area contributed by atoms with Crippen molar-refractivity contribution in [3.8, 4) is 11.5 Å². The summed E-state index contributed by atoms with van der Waals surface area (Å²) in [7, 11) is 7.08. The first-order chi connectivity index (χ1) is 27.5. The lowest BCUT2D eigenvalue weighted by Crippen LogP contribution is -2.08. The third kappa shape index (κ3) is 11.9. The second-order valence-corrected chi connectivity index (χ2v) is 13.6. The maximum Gasteiger partial charge on any atom is 0.234 e. The zero-order valence-corrected chi connectivity index (χ0v) is 33.9. The zero-order chi connectivity index (χ0) is 41.3. The highest BCUT2D eigenvalue weighted by Crippen LogP contribution is 2.28. The Hall–Kier alpha value is -6.16. The molecule has 2 aromatic heterocycles. The predicted octanol–water partition coefficient (Wildman–Crippen LogP) is 10.6. The molecule has 1 aliphatic carbocycles. The molecule has 5 aromatic carbocycles. The molecule has 1 N–H and O–H groups in total. The number of nitrogens with one attached hydrogen (secondary N) is 1. The molecule has 11 heteroatoms. The molecule has 0 unspecified atom stereocenters. The van der Waals surface area contributed by atoms with Crippen molar-refractivity contribution in [2.75, 3.05) is 33.2 Å². The van der Waals surface area contributed by atoms with Gasteiger partial charge < -0.3 is 23.8 Å². The van der Waals surface area contributed by atoms with Crippen LogP contribution in [0.4, 0.5) is 5.69 Å². The molecule has 0 spiro atoms. The quantitative estimate of drug-likeness (QED) is 0.165. The molecule has 7 aromatic rings. The fraction of sp³-hybridized carbons (Fsp3) is 0.174. The molecular formula is C46H44Cl2N2O7. The number of methoxy groups -OCH3 is 2.